The van der Waals surface area contributed by atoms with Crippen LogP contribution in [-0.2, 0) is 16.6 Å². The summed E-state index contributed by atoms with van der Waals surface area (Å²) in [6.07, 6.45) is 0. The standard InChI is InChI=1S/C19H15Cl2N3O4S/c20-14-5-10-17(21)19(11-14)22-12-13-3-1-2-4-18(13)23-29(27,28)16-8-6-15(7-9-16)24(25)26/h1-11,22-23H,12H2. The molecule has 0 spiro atoms. The number of benzene rings is 3. The van der Waals surface area contributed by atoms with Crippen LogP contribution in [0.1, 0.15) is 5.56 Å². The van der Waals surface area contributed by atoms with Gasteiger partial charge < -0.3 is 5.32 Å². The number of rotatable bonds is 7. The summed E-state index contributed by atoms with van der Waals surface area (Å²) >= 11 is 12.1. The van der Waals surface area contributed by atoms with Crippen LogP contribution in [0.3, 0.4) is 0 Å². The lowest BCUT2D eigenvalue weighted by Crippen LogP contribution is -2.15. The van der Waals surface area contributed by atoms with E-state index in [2.05, 4.69) is 10.0 Å². The highest BCUT2D eigenvalue weighted by Gasteiger charge is 2.17. The molecule has 0 bridgehead atoms. The van der Waals surface area contributed by atoms with Crippen LogP contribution in [0.5, 0.6) is 0 Å². The van der Waals surface area contributed by atoms with Gasteiger partial charge in [0.2, 0.25) is 0 Å². The van der Waals surface area contributed by atoms with Gasteiger partial charge in [-0.05, 0) is 42.0 Å². The van der Waals surface area contributed by atoms with Crippen LogP contribution in [0.4, 0.5) is 17.1 Å². The molecule has 0 fully saturated rings. The molecule has 3 aromatic carbocycles. The number of nitro benzene ring substituents is 1. The number of hydrogen-bond acceptors (Lipinski definition) is 5. The molecule has 0 aliphatic carbocycles. The van der Waals surface area contributed by atoms with Crippen molar-refractivity contribution < 1.29 is 13.3 Å². The van der Waals surface area contributed by atoms with E-state index in [-0.39, 0.29) is 10.6 Å². The summed E-state index contributed by atoms with van der Waals surface area (Å²) in [5, 5.41) is 14.9. The molecule has 0 radical (unpaired) electrons. The van der Waals surface area contributed by atoms with E-state index in [0.29, 0.717) is 33.5 Å². The summed E-state index contributed by atoms with van der Waals surface area (Å²) in [7, 11) is -3.92. The van der Waals surface area contributed by atoms with Crippen molar-refractivity contribution in [2.75, 3.05) is 10.0 Å². The molecular weight excluding hydrogens is 437 g/mol. The van der Waals surface area contributed by atoms with Gasteiger partial charge in [0.25, 0.3) is 15.7 Å². The van der Waals surface area contributed by atoms with E-state index in [0.717, 1.165) is 12.1 Å². The zero-order valence-corrected chi connectivity index (χ0v) is 17.1. The summed E-state index contributed by atoms with van der Waals surface area (Å²) in [5.41, 5.74) is 1.48. The molecule has 0 unspecified atom stereocenters. The third kappa shape index (κ3) is 5.17. The first kappa shape index (κ1) is 20.9. The fraction of sp³-hybridized carbons (Fsp3) is 0.0526. The summed E-state index contributed by atoms with van der Waals surface area (Å²) in [6.45, 7) is 0.291. The number of halogens is 2. The quantitative estimate of drug-likeness (QED) is 0.374. The molecule has 0 aliphatic rings. The van der Waals surface area contributed by atoms with E-state index < -0.39 is 14.9 Å². The molecule has 0 aromatic heterocycles. The third-order valence-electron chi connectivity index (χ3n) is 4.02. The van der Waals surface area contributed by atoms with Crippen LogP contribution in [0.25, 0.3) is 0 Å². The first-order chi connectivity index (χ1) is 13.8. The fourth-order valence-electron chi connectivity index (χ4n) is 2.55. The number of nitrogens with zero attached hydrogens (tertiary/aromatic N) is 1. The van der Waals surface area contributed by atoms with Crippen molar-refractivity contribution in [1.29, 1.82) is 0 Å². The molecule has 0 heterocycles. The maximum Gasteiger partial charge on any atom is 0.269 e. The molecule has 10 heteroatoms. The molecule has 3 rings (SSSR count). The van der Waals surface area contributed by atoms with Crippen LogP contribution in [0.2, 0.25) is 10.0 Å². The zero-order chi connectivity index (χ0) is 21.0. The fourth-order valence-corrected chi connectivity index (χ4v) is 4.01. The second kappa shape index (κ2) is 8.69. The van der Waals surface area contributed by atoms with Crippen molar-refractivity contribution in [2.45, 2.75) is 11.4 Å². The number of non-ortho nitro benzene ring substituents is 1. The van der Waals surface area contributed by atoms with Crippen molar-refractivity contribution in [2.24, 2.45) is 0 Å². The Hall–Kier alpha value is -2.81. The van der Waals surface area contributed by atoms with Crippen LogP contribution in [0.15, 0.2) is 71.6 Å². The van der Waals surface area contributed by atoms with Crippen LogP contribution in [0, 0.1) is 10.1 Å². The van der Waals surface area contributed by atoms with E-state index in [4.69, 9.17) is 23.2 Å². The van der Waals surface area contributed by atoms with Gasteiger partial charge in [0, 0.05) is 23.7 Å². The largest absolute Gasteiger partial charge is 0.380 e. The van der Waals surface area contributed by atoms with Gasteiger partial charge in [-0.3, -0.25) is 14.8 Å². The number of anilines is 2. The van der Waals surface area contributed by atoms with Gasteiger partial charge in [0.1, 0.15) is 0 Å². The van der Waals surface area contributed by atoms with E-state index in [1.165, 1.54) is 12.1 Å². The van der Waals surface area contributed by atoms with E-state index in [9.17, 15) is 18.5 Å². The number of nitro groups is 1. The highest BCUT2D eigenvalue weighted by atomic mass is 35.5. The van der Waals surface area contributed by atoms with Gasteiger partial charge in [-0.2, -0.15) is 0 Å². The smallest absolute Gasteiger partial charge is 0.269 e. The van der Waals surface area contributed by atoms with Crippen LogP contribution < -0.4 is 10.0 Å². The summed E-state index contributed by atoms with van der Waals surface area (Å²) < 4.78 is 27.9. The predicted molar refractivity (Wildman–Crippen MR) is 114 cm³/mol. The summed E-state index contributed by atoms with van der Waals surface area (Å²) in [4.78, 5) is 10.1. The minimum Gasteiger partial charge on any atom is -0.380 e. The highest BCUT2D eigenvalue weighted by molar-refractivity contribution is 7.92. The van der Waals surface area contributed by atoms with Crippen LogP contribution >= 0.6 is 23.2 Å². The molecule has 150 valence electrons. The van der Waals surface area contributed by atoms with Gasteiger partial charge in [0.15, 0.2) is 0 Å². The van der Waals surface area contributed by atoms with Crippen molar-refractivity contribution in [3.8, 4) is 0 Å². The van der Waals surface area contributed by atoms with E-state index >= 15 is 0 Å². The topological polar surface area (TPSA) is 101 Å². The summed E-state index contributed by atoms with van der Waals surface area (Å²) in [5.74, 6) is 0. The number of para-hydroxylation sites is 1. The molecule has 0 saturated carbocycles. The Kier molecular flexibility index (Phi) is 6.26. The van der Waals surface area contributed by atoms with Crippen molar-refractivity contribution >= 4 is 50.3 Å². The summed E-state index contributed by atoms with van der Waals surface area (Å²) in [6, 6.07) is 16.5. The Morgan fingerprint density at radius 1 is 0.931 bits per heavy atom. The molecule has 7 nitrogen and oxygen atoms in total. The number of nitrogens with one attached hydrogen (secondary N) is 2. The Labute approximate surface area is 177 Å². The monoisotopic (exact) mass is 451 g/mol. The minimum absolute atomic E-state index is 0.0799. The Balaban J connectivity index is 1.81. The van der Waals surface area contributed by atoms with E-state index in [1.54, 1.807) is 42.5 Å². The highest BCUT2D eigenvalue weighted by Crippen LogP contribution is 2.27. The SMILES string of the molecule is O=[N+]([O-])c1ccc(S(=O)(=O)Nc2ccccc2CNc2cc(Cl)ccc2Cl)cc1. The Morgan fingerprint density at radius 3 is 2.31 bits per heavy atom. The van der Waals surface area contributed by atoms with Gasteiger partial charge in [-0.1, -0.05) is 41.4 Å². The van der Waals surface area contributed by atoms with Gasteiger partial charge in [-0.15, -0.1) is 0 Å². The normalized spacial score (nSPS) is 11.1. The second-order valence-corrected chi connectivity index (χ2v) is 8.52. The average molecular weight is 452 g/mol. The predicted octanol–water partition coefficient (Wildman–Crippen LogP) is 5.31. The molecule has 0 saturated heterocycles. The Morgan fingerprint density at radius 2 is 1.62 bits per heavy atom. The lowest BCUT2D eigenvalue weighted by molar-refractivity contribution is -0.384. The Bertz CT molecular complexity index is 1150. The molecule has 0 atom stereocenters. The second-order valence-electron chi connectivity index (χ2n) is 5.99. The molecule has 29 heavy (non-hydrogen) atoms. The number of hydrogen-bond donors (Lipinski definition) is 2. The van der Waals surface area contributed by atoms with Crippen molar-refractivity contribution in [3.63, 3.8) is 0 Å². The first-order valence-electron chi connectivity index (χ1n) is 8.30. The van der Waals surface area contributed by atoms with Crippen LogP contribution in [-0.4, -0.2) is 13.3 Å². The maximum atomic E-state index is 12.7. The molecule has 0 amide bonds. The minimum atomic E-state index is -3.92. The molecule has 2 N–H and O–H groups in total. The first-order valence-corrected chi connectivity index (χ1v) is 10.5. The third-order valence-corrected chi connectivity index (χ3v) is 5.96. The lowest BCUT2D eigenvalue weighted by atomic mass is 10.2. The average Bonchev–Trinajstić information content (AvgIpc) is 2.69. The van der Waals surface area contributed by atoms with Gasteiger partial charge >= 0.3 is 0 Å². The number of sulfonamides is 1. The molecule has 0 aliphatic heterocycles. The van der Waals surface area contributed by atoms with Gasteiger partial charge in [-0.25, -0.2) is 8.42 Å². The molecular formula is C19H15Cl2N3O4S. The zero-order valence-electron chi connectivity index (χ0n) is 14.8. The van der Waals surface area contributed by atoms with E-state index in [1.807, 2.05) is 0 Å². The van der Waals surface area contributed by atoms with Crippen molar-refractivity contribution in [1.82, 2.24) is 0 Å². The maximum absolute atomic E-state index is 12.7. The molecule has 3 aromatic rings. The van der Waals surface area contributed by atoms with Crippen molar-refractivity contribution in [3.05, 3.63) is 92.5 Å². The van der Waals surface area contributed by atoms with Gasteiger partial charge in [0.05, 0.1) is 26.2 Å². The lowest BCUT2D eigenvalue weighted by Gasteiger charge is -2.14.